The molecule has 4 heteroatoms. The average molecular weight is 237 g/mol. The van der Waals surface area contributed by atoms with Crippen LogP contribution in [-0.4, -0.2) is 23.6 Å². The molecule has 1 aromatic heterocycles. The Kier molecular flexibility index (Phi) is 6.37. The van der Waals surface area contributed by atoms with Gasteiger partial charge >= 0.3 is 0 Å². The van der Waals surface area contributed by atoms with E-state index in [2.05, 4.69) is 22.2 Å². The van der Waals surface area contributed by atoms with Crippen molar-refractivity contribution >= 4 is 5.95 Å². The maximum atomic E-state index is 5.62. The Hall–Kier alpha value is -1.32. The smallest absolute Gasteiger partial charge is 0.225 e. The first-order valence-electron chi connectivity index (χ1n) is 6.42. The SMILES string of the molecule is CCCCCCCOc1cc(C)nc(NC)n1. The fourth-order valence-electron chi connectivity index (χ4n) is 1.61. The first-order chi connectivity index (χ1) is 8.26. The van der Waals surface area contributed by atoms with Crippen LogP contribution in [0.25, 0.3) is 0 Å². The third kappa shape index (κ3) is 5.52. The van der Waals surface area contributed by atoms with Gasteiger partial charge in [0.2, 0.25) is 11.8 Å². The number of rotatable bonds is 8. The van der Waals surface area contributed by atoms with Crippen molar-refractivity contribution in [2.75, 3.05) is 19.0 Å². The van der Waals surface area contributed by atoms with Crippen LogP contribution in [0.3, 0.4) is 0 Å². The summed E-state index contributed by atoms with van der Waals surface area (Å²) in [6.07, 6.45) is 6.22. The molecule has 0 saturated carbocycles. The van der Waals surface area contributed by atoms with E-state index in [1.54, 1.807) is 0 Å². The highest BCUT2D eigenvalue weighted by Gasteiger charge is 2.01. The van der Waals surface area contributed by atoms with Crippen molar-refractivity contribution in [2.24, 2.45) is 0 Å². The van der Waals surface area contributed by atoms with E-state index in [4.69, 9.17) is 4.74 Å². The largest absolute Gasteiger partial charge is 0.478 e. The van der Waals surface area contributed by atoms with Crippen LogP contribution in [0.15, 0.2) is 6.07 Å². The topological polar surface area (TPSA) is 47.0 Å². The highest BCUT2D eigenvalue weighted by atomic mass is 16.5. The molecule has 0 unspecified atom stereocenters. The second kappa shape index (κ2) is 7.87. The van der Waals surface area contributed by atoms with Crippen LogP contribution in [0.5, 0.6) is 5.88 Å². The minimum Gasteiger partial charge on any atom is -0.478 e. The van der Waals surface area contributed by atoms with Crippen molar-refractivity contribution < 1.29 is 4.74 Å². The van der Waals surface area contributed by atoms with Gasteiger partial charge in [-0.2, -0.15) is 4.98 Å². The van der Waals surface area contributed by atoms with Crippen LogP contribution in [-0.2, 0) is 0 Å². The number of anilines is 1. The van der Waals surface area contributed by atoms with E-state index >= 15 is 0 Å². The molecular formula is C13H23N3O. The highest BCUT2D eigenvalue weighted by molar-refractivity contribution is 5.29. The summed E-state index contributed by atoms with van der Waals surface area (Å²) in [5.74, 6) is 1.28. The maximum absolute atomic E-state index is 5.62. The molecule has 0 fully saturated rings. The van der Waals surface area contributed by atoms with Crippen molar-refractivity contribution in [3.05, 3.63) is 11.8 Å². The Morgan fingerprint density at radius 1 is 1.18 bits per heavy atom. The summed E-state index contributed by atoms with van der Waals surface area (Å²) in [6.45, 7) is 4.90. The molecule has 0 aliphatic carbocycles. The Morgan fingerprint density at radius 2 is 1.94 bits per heavy atom. The van der Waals surface area contributed by atoms with E-state index in [1.165, 1.54) is 25.7 Å². The standard InChI is InChI=1S/C13H23N3O/c1-4-5-6-7-8-9-17-12-10-11(2)15-13(14-3)16-12/h10H,4-9H2,1-3H3,(H,14,15,16). The normalized spacial score (nSPS) is 10.3. The Labute approximate surface area is 104 Å². The van der Waals surface area contributed by atoms with Crippen LogP contribution in [0, 0.1) is 6.92 Å². The Morgan fingerprint density at radius 3 is 2.65 bits per heavy atom. The summed E-state index contributed by atoms with van der Waals surface area (Å²) < 4.78 is 5.62. The van der Waals surface area contributed by atoms with Gasteiger partial charge in [0.1, 0.15) is 0 Å². The lowest BCUT2D eigenvalue weighted by Gasteiger charge is -2.07. The molecule has 0 aliphatic rings. The third-order valence-electron chi connectivity index (χ3n) is 2.55. The summed E-state index contributed by atoms with van der Waals surface area (Å²) in [6, 6.07) is 1.87. The molecule has 1 heterocycles. The van der Waals surface area contributed by atoms with Gasteiger partial charge in [-0.1, -0.05) is 32.6 Å². The third-order valence-corrected chi connectivity index (χ3v) is 2.55. The molecule has 0 amide bonds. The number of aryl methyl sites for hydroxylation is 1. The zero-order valence-corrected chi connectivity index (χ0v) is 11.1. The van der Waals surface area contributed by atoms with Gasteiger partial charge in [-0.15, -0.1) is 0 Å². The first kappa shape index (κ1) is 13.7. The van der Waals surface area contributed by atoms with Gasteiger partial charge in [-0.3, -0.25) is 0 Å². The zero-order valence-electron chi connectivity index (χ0n) is 11.1. The zero-order chi connectivity index (χ0) is 12.5. The number of aromatic nitrogens is 2. The summed E-state index contributed by atoms with van der Waals surface area (Å²) in [5.41, 5.74) is 0.922. The number of nitrogens with one attached hydrogen (secondary N) is 1. The number of ether oxygens (including phenoxy) is 1. The monoisotopic (exact) mass is 237 g/mol. The van der Waals surface area contributed by atoms with Gasteiger partial charge in [-0.25, -0.2) is 4.98 Å². The lowest BCUT2D eigenvalue weighted by Crippen LogP contribution is -2.03. The molecule has 1 N–H and O–H groups in total. The molecule has 17 heavy (non-hydrogen) atoms. The number of nitrogens with zero attached hydrogens (tertiary/aromatic N) is 2. The van der Waals surface area contributed by atoms with Crippen molar-refractivity contribution in [3.63, 3.8) is 0 Å². The summed E-state index contributed by atoms with van der Waals surface area (Å²) in [7, 11) is 1.81. The van der Waals surface area contributed by atoms with Crippen molar-refractivity contribution in [1.82, 2.24) is 9.97 Å². The van der Waals surface area contributed by atoms with Crippen molar-refractivity contribution in [1.29, 1.82) is 0 Å². The van der Waals surface area contributed by atoms with E-state index in [1.807, 2.05) is 20.0 Å². The molecule has 0 spiro atoms. The first-order valence-corrected chi connectivity index (χ1v) is 6.42. The van der Waals surface area contributed by atoms with Crippen LogP contribution >= 0.6 is 0 Å². The minimum absolute atomic E-state index is 0.617. The fraction of sp³-hybridized carbons (Fsp3) is 0.692. The van der Waals surface area contributed by atoms with Gasteiger partial charge in [0, 0.05) is 18.8 Å². The molecule has 1 rings (SSSR count). The van der Waals surface area contributed by atoms with Crippen LogP contribution in [0.1, 0.15) is 44.7 Å². The van der Waals surface area contributed by atoms with Crippen molar-refractivity contribution in [2.45, 2.75) is 46.0 Å². The summed E-state index contributed by atoms with van der Waals surface area (Å²) >= 11 is 0. The van der Waals surface area contributed by atoms with Crippen LogP contribution in [0.4, 0.5) is 5.95 Å². The van der Waals surface area contributed by atoms with Gasteiger partial charge in [0.05, 0.1) is 6.61 Å². The van der Waals surface area contributed by atoms with Crippen LogP contribution in [0.2, 0.25) is 0 Å². The van der Waals surface area contributed by atoms with Gasteiger partial charge in [0.25, 0.3) is 0 Å². The average Bonchev–Trinajstić information content (AvgIpc) is 2.33. The fourth-order valence-corrected chi connectivity index (χ4v) is 1.61. The molecule has 4 nitrogen and oxygen atoms in total. The Balaban J connectivity index is 2.28. The summed E-state index contributed by atoms with van der Waals surface area (Å²) in [5, 5.41) is 2.92. The molecule has 96 valence electrons. The number of hydrogen-bond donors (Lipinski definition) is 1. The predicted molar refractivity (Wildman–Crippen MR) is 70.6 cm³/mol. The molecule has 0 atom stereocenters. The van der Waals surface area contributed by atoms with Gasteiger partial charge in [0.15, 0.2) is 0 Å². The quantitative estimate of drug-likeness (QED) is 0.705. The molecule has 0 aliphatic heterocycles. The second-order valence-electron chi connectivity index (χ2n) is 4.18. The highest BCUT2D eigenvalue weighted by Crippen LogP contribution is 2.12. The van der Waals surface area contributed by atoms with E-state index in [9.17, 15) is 0 Å². The molecule has 1 aromatic rings. The molecule has 0 bridgehead atoms. The van der Waals surface area contributed by atoms with E-state index in [-0.39, 0.29) is 0 Å². The molecule has 0 saturated heterocycles. The van der Waals surface area contributed by atoms with E-state index in [0.717, 1.165) is 18.7 Å². The predicted octanol–water partition coefficient (Wildman–Crippen LogP) is 3.18. The number of unbranched alkanes of at least 4 members (excludes halogenated alkanes) is 4. The second-order valence-corrected chi connectivity index (χ2v) is 4.18. The van der Waals surface area contributed by atoms with Gasteiger partial charge in [-0.05, 0) is 13.3 Å². The van der Waals surface area contributed by atoms with E-state index in [0.29, 0.717) is 11.8 Å². The molecule has 0 radical (unpaired) electrons. The van der Waals surface area contributed by atoms with Crippen molar-refractivity contribution in [3.8, 4) is 5.88 Å². The van der Waals surface area contributed by atoms with Crippen LogP contribution < -0.4 is 10.1 Å². The maximum Gasteiger partial charge on any atom is 0.225 e. The number of hydrogen-bond acceptors (Lipinski definition) is 4. The minimum atomic E-state index is 0.617. The summed E-state index contributed by atoms with van der Waals surface area (Å²) in [4.78, 5) is 8.46. The van der Waals surface area contributed by atoms with Gasteiger partial charge < -0.3 is 10.1 Å². The lowest BCUT2D eigenvalue weighted by atomic mass is 10.2. The lowest BCUT2D eigenvalue weighted by molar-refractivity contribution is 0.293. The van der Waals surface area contributed by atoms with E-state index < -0.39 is 0 Å². The Bertz CT molecular complexity index is 328. The molecular weight excluding hydrogens is 214 g/mol. The molecule has 0 aromatic carbocycles.